The van der Waals surface area contributed by atoms with E-state index in [4.69, 9.17) is 4.74 Å². The first-order valence-corrected chi connectivity index (χ1v) is 12.7. The molecule has 0 spiro atoms. The average molecular weight is 576 g/mol. The average Bonchev–Trinajstić information content (AvgIpc) is 2.91. The van der Waals surface area contributed by atoms with Gasteiger partial charge in [-0.2, -0.15) is 0 Å². The summed E-state index contributed by atoms with van der Waals surface area (Å²) in [7, 11) is 0. The van der Waals surface area contributed by atoms with Crippen molar-refractivity contribution in [1.82, 2.24) is 0 Å². The van der Waals surface area contributed by atoms with Crippen LogP contribution in [0, 0.1) is 0 Å². The van der Waals surface area contributed by atoms with Gasteiger partial charge in [0.25, 0.3) is 0 Å². The van der Waals surface area contributed by atoms with Gasteiger partial charge in [0.05, 0.1) is 0 Å². The minimum atomic E-state index is -0.348. The molecular formula is C20H19IO2Se2. The van der Waals surface area contributed by atoms with E-state index in [2.05, 4.69) is 82.1 Å². The molecule has 0 amide bonds. The number of benzene rings is 2. The van der Waals surface area contributed by atoms with Crippen LogP contribution in [0.3, 0.4) is 0 Å². The molecule has 0 N–H and O–H groups in total. The van der Waals surface area contributed by atoms with Crippen LogP contribution in [-0.2, 0) is 9.53 Å². The van der Waals surface area contributed by atoms with Crippen LogP contribution in [-0.4, -0.2) is 42.0 Å². The van der Waals surface area contributed by atoms with E-state index in [0.717, 1.165) is 12.8 Å². The fourth-order valence-electron chi connectivity index (χ4n) is 2.73. The monoisotopic (exact) mass is 578 g/mol. The van der Waals surface area contributed by atoms with Crippen LogP contribution in [0.25, 0.3) is 0 Å². The summed E-state index contributed by atoms with van der Waals surface area (Å²) < 4.78 is 10.1. The Morgan fingerprint density at radius 3 is 2.12 bits per heavy atom. The molecule has 2 aromatic rings. The Bertz CT molecular complexity index is 705. The second kappa shape index (κ2) is 8.87. The molecule has 0 saturated carbocycles. The van der Waals surface area contributed by atoms with Gasteiger partial charge in [-0.05, 0) is 0 Å². The van der Waals surface area contributed by atoms with Gasteiger partial charge in [-0.25, -0.2) is 0 Å². The summed E-state index contributed by atoms with van der Waals surface area (Å²) in [5.74, 6) is 0.00599. The molecule has 130 valence electrons. The number of esters is 1. The molecule has 1 fully saturated rings. The summed E-state index contributed by atoms with van der Waals surface area (Å²) in [6.45, 7) is 2.10. The third-order valence-electron chi connectivity index (χ3n) is 3.87. The van der Waals surface area contributed by atoms with E-state index in [1.807, 2.05) is 12.1 Å². The second-order valence-electron chi connectivity index (χ2n) is 5.97. The van der Waals surface area contributed by atoms with E-state index in [0.29, 0.717) is 0 Å². The molecule has 2 aromatic carbocycles. The molecule has 0 aromatic heterocycles. The normalized spacial score (nSPS) is 19.7. The van der Waals surface area contributed by atoms with Crippen LogP contribution in [0.5, 0.6) is 0 Å². The molecule has 25 heavy (non-hydrogen) atoms. The van der Waals surface area contributed by atoms with E-state index in [9.17, 15) is 4.79 Å². The molecule has 1 saturated heterocycles. The zero-order chi connectivity index (χ0) is 17.7. The van der Waals surface area contributed by atoms with E-state index in [-0.39, 0.29) is 45.2 Å². The Hall–Kier alpha value is -0.581. The molecule has 2 nitrogen and oxygen atoms in total. The van der Waals surface area contributed by atoms with Crippen molar-refractivity contribution in [1.29, 1.82) is 0 Å². The molecule has 0 bridgehead atoms. The summed E-state index contributed by atoms with van der Waals surface area (Å²) in [6, 6.07) is 20.8. The molecule has 1 aliphatic heterocycles. The number of rotatable bonds is 6. The van der Waals surface area contributed by atoms with Crippen molar-refractivity contribution in [2.75, 3.05) is 0 Å². The van der Waals surface area contributed by atoms with Gasteiger partial charge in [0.2, 0.25) is 0 Å². The predicted octanol–water partition coefficient (Wildman–Crippen LogP) is 3.21. The first-order chi connectivity index (χ1) is 12.1. The van der Waals surface area contributed by atoms with E-state index < -0.39 is 0 Å². The van der Waals surface area contributed by atoms with Gasteiger partial charge < -0.3 is 0 Å². The third-order valence-corrected chi connectivity index (χ3v) is 11.7. The molecule has 3 rings (SSSR count). The van der Waals surface area contributed by atoms with Crippen molar-refractivity contribution in [2.24, 2.45) is 0 Å². The van der Waals surface area contributed by atoms with Gasteiger partial charge >= 0.3 is 176 Å². The van der Waals surface area contributed by atoms with Crippen molar-refractivity contribution in [3.8, 4) is 0 Å². The molecule has 0 unspecified atom stereocenters. The molecule has 1 aliphatic rings. The van der Waals surface area contributed by atoms with Crippen molar-refractivity contribution in [3.63, 3.8) is 0 Å². The molecular weight excluding hydrogens is 557 g/mol. The topological polar surface area (TPSA) is 26.3 Å². The van der Waals surface area contributed by atoms with Crippen LogP contribution in [0.15, 0.2) is 70.3 Å². The van der Waals surface area contributed by atoms with Crippen LogP contribution < -0.4 is 8.92 Å². The zero-order valence-corrected chi connectivity index (χ0v) is 19.4. The Balaban J connectivity index is 1.88. The van der Waals surface area contributed by atoms with E-state index in [1.165, 1.54) is 14.5 Å². The van der Waals surface area contributed by atoms with Crippen molar-refractivity contribution in [3.05, 3.63) is 70.3 Å². The van der Waals surface area contributed by atoms with Gasteiger partial charge in [0.1, 0.15) is 0 Å². The fourth-order valence-corrected chi connectivity index (χ4v) is 10.1. The Kier molecular flexibility index (Phi) is 6.81. The maximum atomic E-state index is 13.0. The van der Waals surface area contributed by atoms with Crippen molar-refractivity contribution >= 4 is 67.4 Å². The number of carbonyl (C=O) groups is 1. The van der Waals surface area contributed by atoms with Crippen molar-refractivity contribution < 1.29 is 9.53 Å². The summed E-state index contributed by atoms with van der Waals surface area (Å²) in [6.07, 6.45) is 1.68. The van der Waals surface area contributed by atoms with E-state index in [1.54, 1.807) is 0 Å². The van der Waals surface area contributed by atoms with Gasteiger partial charge in [-0.1, -0.05) is 0 Å². The molecule has 5 heteroatoms. The van der Waals surface area contributed by atoms with Crippen molar-refractivity contribution in [2.45, 2.75) is 29.1 Å². The number of carbonyl (C=O) groups excluding carboxylic acids is 1. The Morgan fingerprint density at radius 2 is 1.64 bits per heavy atom. The summed E-state index contributed by atoms with van der Waals surface area (Å²) >= 11 is 2.39. The number of hydrogen-bond donors (Lipinski definition) is 0. The minimum absolute atomic E-state index is 0.00599. The Morgan fingerprint density at radius 1 is 1.12 bits per heavy atom. The second-order valence-corrected chi connectivity index (χ2v) is 13.7. The van der Waals surface area contributed by atoms with Crippen LogP contribution in [0.4, 0.5) is 0 Å². The standard InChI is InChI=1S/C20H19IO2Se2/c1-15(14-21)12-16-13-20(19(22)23-16,24-17-8-4-2-5-9-17)25-18-10-6-3-7-11-18/h2-11,14,16H,12-13H2,1H3/b15-14+/t16-/m1/s1. The summed E-state index contributed by atoms with van der Waals surface area (Å²) in [4.78, 5) is 13.0. The molecule has 0 aliphatic carbocycles. The molecule has 1 atom stereocenters. The quantitative estimate of drug-likeness (QED) is 0.300. The summed E-state index contributed by atoms with van der Waals surface area (Å²) in [5.41, 5.74) is 1.27. The molecule has 1 heterocycles. The van der Waals surface area contributed by atoms with Gasteiger partial charge in [-0.3, -0.25) is 0 Å². The van der Waals surface area contributed by atoms with Crippen LogP contribution in [0.1, 0.15) is 19.8 Å². The molecule has 0 radical (unpaired) electrons. The SMILES string of the molecule is C/C(=C\I)C[C@@H]1CC([Se]c2ccccc2)([Se]c2ccccc2)C(=O)O1. The first kappa shape index (κ1) is 19.2. The fraction of sp³-hybridized carbons (Fsp3) is 0.250. The van der Waals surface area contributed by atoms with Crippen LogP contribution in [0.2, 0.25) is 3.21 Å². The summed E-state index contributed by atoms with van der Waals surface area (Å²) in [5, 5.41) is 0. The van der Waals surface area contributed by atoms with Gasteiger partial charge in [-0.15, -0.1) is 0 Å². The number of ether oxygens (including phenoxy) is 1. The maximum absolute atomic E-state index is 13.0. The van der Waals surface area contributed by atoms with Crippen LogP contribution >= 0.6 is 22.6 Å². The number of hydrogen-bond acceptors (Lipinski definition) is 2. The zero-order valence-electron chi connectivity index (χ0n) is 13.9. The van der Waals surface area contributed by atoms with E-state index >= 15 is 0 Å². The Labute approximate surface area is 175 Å². The first-order valence-electron chi connectivity index (χ1n) is 8.06. The third kappa shape index (κ3) is 4.99. The predicted molar refractivity (Wildman–Crippen MR) is 113 cm³/mol. The number of halogens is 1. The number of cyclic esters (lactones) is 1. The van der Waals surface area contributed by atoms with Gasteiger partial charge in [0.15, 0.2) is 0 Å². The van der Waals surface area contributed by atoms with Gasteiger partial charge in [0, 0.05) is 0 Å².